The fourth-order valence-corrected chi connectivity index (χ4v) is 5.02. The van der Waals surface area contributed by atoms with Crippen LogP contribution in [0, 0.1) is 17.8 Å². The monoisotopic (exact) mass is 358 g/mol. The van der Waals surface area contributed by atoms with Gasteiger partial charge in [-0.1, -0.05) is 43.2 Å². The summed E-state index contributed by atoms with van der Waals surface area (Å²) in [6.07, 6.45) is 7.15. The molecule has 0 N–H and O–H groups in total. The van der Waals surface area contributed by atoms with Crippen LogP contribution < -0.4 is 0 Å². The number of fused-ring (bicyclic) bond motifs is 1. The summed E-state index contributed by atoms with van der Waals surface area (Å²) in [7, 11) is 0. The molecule has 0 bridgehead atoms. The Kier molecular flexibility index (Phi) is 5.72. The first kappa shape index (κ1) is 18.1. The summed E-state index contributed by atoms with van der Waals surface area (Å²) in [5, 5.41) is 0. The van der Waals surface area contributed by atoms with Crippen LogP contribution in [0.2, 0.25) is 0 Å². The lowest BCUT2D eigenvalue weighted by Crippen LogP contribution is -2.28. The fourth-order valence-electron chi connectivity index (χ4n) is 5.02. The molecule has 26 heavy (non-hydrogen) atoms. The lowest BCUT2D eigenvalue weighted by molar-refractivity contribution is -0.158. The Labute approximate surface area is 156 Å². The average Bonchev–Trinajstić information content (AvgIpc) is 3.33. The minimum absolute atomic E-state index is 0.187. The Hall–Kier alpha value is -1.23. The molecule has 0 unspecified atom stereocenters. The zero-order valence-corrected chi connectivity index (χ0v) is 15.5. The van der Waals surface area contributed by atoms with Gasteiger partial charge in [-0.15, -0.1) is 0 Å². The van der Waals surface area contributed by atoms with Gasteiger partial charge in [0.05, 0.1) is 19.8 Å². The molecule has 1 heterocycles. The lowest BCUT2D eigenvalue weighted by Gasteiger charge is -2.23. The van der Waals surface area contributed by atoms with E-state index in [4.69, 9.17) is 14.2 Å². The van der Waals surface area contributed by atoms with E-state index in [-0.39, 0.29) is 11.8 Å². The summed E-state index contributed by atoms with van der Waals surface area (Å²) in [6.45, 7) is 2.86. The van der Waals surface area contributed by atoms with E-state index in [0.717, 1.165) is 51.6 Å². The Morgan fingerprint density at radius 3 is 2.62 bits per heavy atom. The van der Waals surface area contributed by atoms with Crippen molar-refractivity contribution in [3.63, 3.8) is 0 Å². The third-order valence-electron chi connectivity index (χ3n) is 6.29. The second kappa shape index (κ2) is 8.20. The third-order valence-corrected chi connectivity index (χ3v) is 6.29. The molecule has 3 fully saturated rings. The van der Waals surface area contributed by atoms with E-state index >= 15 is 0 Å². The summed E-state index contributed by atoms with van der Waals surface area (Å²) in [6, 6.07) is 10.3. The molecule has 0 amide bonds. The van der Waals surface area contributed by atoms with E-state index in [0.29, 0.717) is 31.5 Å². The molecular formula is C22H30O4. The molecule has 1 aromatic rings. The Morgan fingerprint density at radius 1 is 1.04 bits per heavy atom. The fraction of sp³-hybridized carbons (Fsp3) is 0.682. The maximum atomic E-state index is 12.7. The van der Waals surface area contributed by atoms with Gasteiger partial charge in [-0.3, -0.25) is 4.79 Å². The number of Topliss-reactive ketones (excluding diaryl/α,β-unsaturated/α-hetero) is 1. The number of carbonyl (C=O) groups excluding carboxylic acids is 1. The van der Waals surface area contributed by atoms with Crippen LogP contribution in [0.4, 0.5) is 0 Å². The molecule has 142 valence electrons. The normalized spacial score (nSPS) is 29.5. The largest absolute Gasteiger partial charge is 0.377 e. The van der Waals surface area contributed by atoms with E-state index < -0.39 is 5.79 Å². The van der Waals surface area contributed by atoms with Crippen molar-refractivity contribution in [1.29, 1.82) is 0 Å². The number of carbonyl (C=O) groups is 1. The Balaban J connectivity index is 1.10. The van der Waals surface area contributed by atoms with Crippen molar-refractivity contribution in [3.8, 4) is 0 Å². The molecule has 4 rings (SSSR count). The third kappa shape index (κ3) is 4.03. The summed E-state index contributed by atoms with van der Waals surface area (Å²) in [4.78, 5) is 12.7. The SMILES string of the molecule is O=C1[C@H](CCCCCOCc2ccccc2)C[C@H]2CC3(C[C@@H]12)OCCO3. The van der Waals surface area contributed by atoms with E-state index in [1.165, 1.54) is 5.56 Å². The number of rotatable bonds is 8. The van der Waals surface area contributed by atoms with Crippen LogP contribution in [-0.2, 0) is 25.6 Å². The van der Waals surface area contributed by atoms with Gasteiger partial charge in [-0.2, -0.15) is 0 Å². The summed E-state index contributed by atoms with van der Waals surface area (Å²) < 4.78 is 17.3. The van der Waals surface area contributed by atoms with Gasteiger partial charge < -0.3 is 14.2 Å². The van der Waals surface area contributed by atoms with Crippen molar-refractivity contribution in [1.82, 2.24) is 0 Å². The topological polar surface area (TPSA) is 44.8 Å². The minimum atomic E-state index is -0.411. The van der Waals surface area contributed by atoms with Crippen molar-refractivity contribution in [2.75, 3.05) is 19.8 Å². The zero-order chi connectivity index (χ0) is 17.8. The van der Waals surface area contributed by atoms with Crippen LogP contribution in [0.25, 0.3) is 0 Å². The van der Waals surface area contributed by atoms with E-state index in [2.05, 4.69) is 12.1 Å². The zero-order valence-electron chi connectivity index (χ0n) is 15.5. The van der Waals surface area contributed by atoms with Crippen LogP contribution in [0.5, 0.6) is 0 Å². The highest BCUT2D eigenvalue weighted by Crippen LogP contribution is 2.52. The van der Waals surface area contributed by atoms with E-state index in [1.807, 2.05) is 18.2 Å². The first-order valence-corrected chi connectivity index (χ1v) is 10.2. The lowest BCUT2D eigenvalue weighted by atomic mass is 9.94. The molecule has 3 aliphatic rings. The van der Waals surface area contributed by atoms with E-state index in [1.54, 1.807) is 0 Å². The molecule has 2 aliphatic carbocycles. The number of unbranched alkanes of at least 4 members (excludes halogenated alkanes) is 2. The quantitative estimate of drug-likeness (QED) is 0.656. The second-order valence-electron chi connectivity index (χ2n) is 8.10. The van der Waals surface area contributed by atoms with Gasteiger partial charge in [0.2, 0.25) is 0 Å². The molecule has 4 nitrogen and oxygen atoms in total. The molecule has 4 heteroatoms. The highest BCUT2D eigenvalue weighted by molar-refractivity contribution is 5.86. The molecule has 3 atom stereocenters. The van der Waals surface area contributed by atoms with Crippen LogP contribution in [0.15, 0.2) is 30.3 Å². The minimum Gasteiger partial charge on any atom is -0.377 e. The van der Waals surface area contributed by atoms with Gasteiger partial charge in [-0.05, 0) is 30.7 Å². The van der Waals surface area contributed by atoms with Gasteiger partial charge in [-0.25, -0.2) is 0 Å². The Bertz CT molecular complexity index is 593. The number of ketones is 1. The molecule has 1 spiro atoms. The van der Waals surface area contributed by atoms with Gasteiger partial charge >= 0.3 is 0 Å². The summed E-state index contributed by atoms with van der Waals surface area (Å²) in [5.74, 6) is 1.01. The molecule has 1 saturated heterocycles. The van der Waals surface area contributed by atoms with Crippen LogP contribution in [0.3, 0.4) is 0 Å². The van der Waals surface area contributed by atoms with Crippen molar-refractivity contribution in [3.05, 3.63) is 35.9 Å². The predicted molar refractivity (Wildman–Crippen MR) is 98.5 cm³/mol. The number of hydrogen-bond donors (Lipinski definition) is 0. The highest BCUT2D eigenvalue weighted by atomic mass is 16.7. The predicted octanol–water partition coefficient (Wildman–Crippen LogP) is 4.12. The van der Waals surface area contributed by atoms with Crippen molar-refractivity contribution in [2.24, 2.45) is 17.8 Å². The smallest absolute Gasteiger partial charge is 0.169 e. The van der Waals surface area contributed by atoms with Crippen LogP contribution >= 0.6 is 0 Å². The van der Waals surface area contributed by atoms with Gasteiger partial charge in [0.25, 0.3) is 0 Å². The summed E-state index contributed by atoms with van der Waals surface area (Å²) in [5.41, 5.74) is 1.23. The number of hydrogen-bond acceptors (Lipinski definition) is 4. The van der Waals surface area contributed by atoms with Crippen molar-refractivity contribution < 1.29 is 19.0 Å². The Morgan fingerprint density at radius 2 is 1.85 bits per heavy atom. The number of benzene rings is 1. The highest BCUT2D eigenvalue weighted by Gasteiger charge is 2.56. The van der Waals surface area contributed by atoms with Gasteiger partial charge in [0.15, 0.2) is 5.79 Å². The van der Waals surface area contributed by atoms with Crippen LogP contribution in [0.1, 0.15) is 50.5 Å². The maximum Gasteiger partial charge on any atom is 0.169 e. The first-order chi connectivity index (χ1) is 12.8. The maximum absolute atomic E-state index is 12.7. The van der Waals surface area contributed by atoms with E-state index in [9.17, 15) is 4.79 Å². The molecule has 0 aromatic heterocycles. The summed E-state index contributed by atoms with van der Waals surface area (Å²) >= 11 is 0. The molecule has 1 aromatic carbocycles. The van der Waals surface area contributed by atoms with Crippen molar-refractivity contribution >= 4 is 5.78 Å². The van der Waals surface area contributed by atoms with Crippen molar-refractivity contribution in [2.45, 2.75) is 57.3 Å². The second-order valence-corrected chi connectivity index (χ2v) is 8.10. The van der Waals surface area contributed by atoms with Gasteiger partial charge in [0, 0.05) is 31.3 Å². The molecule has 0 radical (unpaired) electrons. The average molecular weight is 358 g/mol. The number of ether oxygens (including phenoxy) is 3. The molecule has 2 saturated carbocycles. The van der Waals surface area contributed by atoms with Gasteiger partial charge in [0.1, 0.15) is 5.78 Å². The molecule has 1 aliphatic heterocycles. The van der Waals surface area contributed by atoms with Crippen LogP contribution in [-0.4, -0.2) is 31.4 Å². The molecular weight excluding hydrogens is 328 g/mol. The standard InChI is InChI=1S/C22H30O4/c23-21-18(13-19-14-22(15-20(19)21)25-11-12-26-22)9-5-2-6-10-24-16-17-7-3-1-4-8-17/h1,3-4,7-8,18-20H,2,5-6,9-16H2/t18-,19+,20-/m1/s1. The first-order valence-electron chi connectivity index (χ1n) is 10.2.